The molecule has 2 atom stereocenters. The maximum Gasteiger partial charge on any atom is 0.259 e. The predicted octanol–water partition coefficient (Wildman–Crippen LogP) is 4.66. The van der Waals surface area contributed by atoms with Crippen molar-refractivity contribution in [3.05, 3.63) is 61.5 Å². The van der Waals surface area contributed by atoms with Gasteiger partial charge in [0.1, 0.15) is 10.7 Å². The molecule has 1 aliphatic rings. The lowest BCUT2D eigenvalue weighted by atomic mass is 9.89. The maximum atomic E-state index is 12.7. The van der Waals surface area contributed by atoms with Crippen LogP contribution in [0.5, 0.6) is 0 Å². The Hall–Kier alpha value is -1.69. The largest absolute Gasteiger partial charge is 0.309 e. The molecule has 2 N–H and O–H groups in total. The molecule has 0 saturated heterocycles. The number of rotatable bonds is 5. The van der Waals surface area contributed by atoms with Crippen LogP contribution >= 0.6 is 22.9 Å². The lowest BCUT2D eigenvalue weighted by Gasteiger charge is -2.17. The number of nitrogens with zero attached hydrogens (tertiary/aromatic N) is 1. The van der Waals surface area contributed by atoms with Gasteiger partial charge in [0.15, 0.2) is 0 Å². The number of H-pyrrole nitrogens is 1. The van der Waals surface area contributed by atoms with Crippen LogP contribution in [-0.2, 0) is 19.3 Å². The molecule has 0 saturated carbocycles. The van der Waals surface area contributed by atoms with Crippen molar-refractivity contribution in [1.82, 2.24) is 15.3 Å². The fourth-order valence-corrected chi connectivity index (χ4v) is 5.40. The number of nitrogens with one attached hydrogen (secondary N) is 2. The highest BCUT2D eigenvalue weighted by atomic mass is 35.5. The second-order valence-electron chi connectivity index (χ2n) is 7.54. The van der Waals surface area contributed by atoms with E-state index in [0.29, 0.717) is 11.7 Å². The third-order valence-corrected chi connectivity index (χ3v) is 6.73. The van der Waals surface area contributed by atoms with Gasteiger partial charge in [0, 0.05) is 9.90 Å². The van der Waals surface area contributed by atoms with Crippen molar-refractivity contribution in [3.8, 4) is 0 Å². The lowest BCUT2D eigenvalue weighted by Crippen LogP contribution is -2.25. The highest BCUT2D eigenvalue weighted by Gasteiger charge is 2.23. The molecule has 0 fully saturated rings. The topological polar surface area (TPSA) is 57.8 Å². The van der Waals surface area contributed by atoms with Gasteiger partial charge in [-0.25, -0.2) is 4.98 Å². The zero-order valence-electron chi connectivity index (χ0n) is 15.6. The van der Waals surface area contributed by atoms with Crippen molar-refractivity contribution in [3.63, 3.8) is 0 Å². The van der Waals surface area contributed by atoms with Crippen LogP contribution in [0.4, 0.5) is 0 Å². The van der Waals surface area contributed by atoms with Gasteiger partial charge in [0.25, 0.3) is 5.56 Å². The van der Waals surface area contributed by atoms with Crippen molar-refractivity contribution >= 4 is 33.2 Å². The highest BCUT2D eigenvalue weighted by Crippen LogP contribution is 2.35. The van der Waals surface area contributed by atoms with E-state index in [4.69, 9.17) is 16.6 Å². The lowest BCUT2D eigenvalue weighted by molar-refractivity contribution is 0.509. The van der Waals surface area contributed by atoms with E-state index in [1.54, 1.807) is 11.3 Å². The van der Waals surface area contributed by atoms with Crippen molar-refractivity contribution in [2.45, 2.75) is 45.6 Å². The van der Waals surface area contributed by atoms with Gasteiger partial charge in [0.05, 0.1) is 11.4 Å². The van der Waals surface area contributed by atoms with Crippen molar-refractivity contribution in [2.24, 2.45) is 5.92 Å². The molecule has 142 valence electrons. The molecule has 4 rings (SSSR count). The molecular weight excluding hydrogens is 378 g/mol. The van der Waals surface area contributed by atoms with E-state index in [0.717, 1.165) is 47.5 Å². The van der Waals surface area contributed by atoms with Gasteiger partial charge in [-0.15, -0.1) is 11.3 Å². The molecule has 0 amide bonds. The monoisotopic (exact) mass is 401 g/mol. The number of thiophene rings is 1. The Labute approximate surface area is 168 Å². The fraction of sp³-hybridized carbons (Fsp3) is 0.429. The van der Waals surface area contributed by atoms with E-state index in [1.165, 1.54) is 16.0 Å². The van der Waals surface area contributed by atoms with Crippen molar-refractivity contribution < 1.29 is 0 Å². The Morgan fingerprint density at radius 1 is 1.44 bits per heavy atom. The smallest absolute Gasteiger partial charge is 0.259 e. The number of fused-ring (bicyclic) bond motifs is 3. The van der Waals surface area contributed by atoms with Crippen LogP contribution in [0.15, 0.2) is 29.1 Å². The molecule has 1 aliphatic carbocycles. The summed E-state index contributed by atoms with van der Waals surface area (Å²) in [6.07, 6.45) is 4.09. The zero-order valence-corrected chi connectivity index (χ0v) is 17.2. The van der Waals surface area contributed by atoms with Crippen LogP contribution in [0.1, 0.15) is 48.1 Å². The molecule has 2 heterocycles. The fourth-order valence-electron chi connectivity index (χ4n) is 3.79. The minimum Gasteiger partial charge on any atom is -0.309 e. The Morgan fingerprint density at radius 2 is 2.30 bits per heavy atom. The van der Waals surface area contributed by atoms with E-state index >= 15 is 0 Å². The van der Waals surface area contributed by atoms with Crippen LogP contribution in [0.25, 0.3) is 10.2 Å². The number of hydrogen-bond acceptors (Lipinski definition) is 4. The molecule has 0 radical (unpaired) electrons. The summed E-state index contributed by atoms with van der Waals surface area (Å²) in [4.78, 5) is 22.7. The summed E-state index contributed by atoms with van der Waals surface area (Å²) < 4.78 is 0. The minimum absolute atomic E-state index is 0.00513. The molecule has 4 nitrogen and oxygen atoms in total. The SMILES string of the molecule is C[C@@H]1CCc2c(sc3nc([C@@H](C)NCCc4cccc(Cl)c4)[nH]c(=O)c23)C1. The average molecular weight is 402 g/mol. The molecule has 0 bridgehead atoms. The molecule has 27 heavy (non-hydrogen) atoms. The Bertz CT molecular complexity index is 1030. The van der Waals surface area contributed by atoms with E-state index in [1.807, 2.05) is 25.1 Å². The van der Waals surface area contributed by atoms with Gasteiger partial charge < -0.3 is 10.3 Å². The summed E-state index contributed by atoms with van der Waals surface area (Å²) in [5, 5.41) is 5.03. The Morgan fingerprint density at radius 3 is 3.11 bits per heavy atom. The molecule has 6 heteroatoms. The van der Waals surface area contributed by atoms with Crippen molar-refractivity contribution in [1.29, 1.82) is 0 Å². The minimum atomic E-state index is -0.0145. The summed E-state index contributed by atoms with van der Waals surface area (Å²) >= 11 is 7.74. The number of hydrogen-bond donors (Lipinski definition) is 2. The summed E-state index contributed by atoms with van der Waals surface area (Å²) in [7, 11) is 0. The normalized spacial score (nSPS) is 17.8. The predicted molar refractivity (Wildman–Crippen MR) is 113 cm³/mol. The summed E-state index contributed by atoms with van der Waals surface area (Å²) in [5.74, 6) is 1.40. The van der Waals surface area contributed by atoms with Gasteiger partial charge in [0.2, 0.25) is 0 Å². The summed E-state index contributed by atoms with van der Waals surface area (Å²) in [6, 6.07) is 7.89. The van der Waals surface area contributed by atoms with Gasteiger partial charge in [-0.2, -0.15) is 0 Å². The van der Waals surface area contributed by atoms with Gasteiger partial charge >= 0.3 is 0 Å². The first-order valence-corrected chi connectivity index (χ1v) is 10.7. The van der Waals surface area contributed by atoms with E-state index in [9.17, 15) is 4.79 Å². The van der Waals surface area contributed by atoms with Crippen LogP contribution in [0, 0.1) is 5.92 Å². The molecular formula is C21H24ClN3OS. The van der Waals surface area contributed by atoms with E-state index in [-0.39, 0.29) is 11.6 Å². The Kier molecular flexibility index (Phi) is 5.35. The Balaban J connectivity index is 1.50. The molecule has 3 aromatic rings. The van der Waals surface area contributed by atoms with Gasteiger partial charge in [-0.1, -0.05) is 30.7 Å². The van der Waals surface area contributed by atoms with Gasteiger partial charge in [-0.05, 0) is 68.3 Å². The molecule has 0 aliphatic heterocycles. The number of aryl methyl sites for hydroxylation is 1. The quantitative estimate of drug-likeness (QED) is 0.653. The molecule has 0 spiro atoms. The van der Waals surface area contributed by atoms with E-state index < -0.39 is 0 Å². The van der Waals surface area contributed by atoms with Gasteiger partial charge in [-0.3, -0.25) is 4.79 Å². The third kappa shape index (κ3) is 3.96. The average Bonchev–Trinajstić information content (AvgIpc) is 2.99. The molecule has 2 aromatic heterocycles. The van der Waals surface area contributed by atoms with Crippen molar-refractivity contribution in [2.75, 3.05) is 6.54 Å². The van der Waals surface area contributed by atoms with Crippen LogP contribution in [0.3, 0.4) is 0 Å². The van der Waals surface area contributed by atoms with E-state index in [2.05, 4.69) is 23.3 Å². The summed E-state index contributed by atoms with van der Waals surface area (Å²) in [6.45, 7) is 5.11. The molecule has 1 aromatic carbocycles. The van der Waals surface area contributed by atoms with Crippen LogP contribution in [0.2, 0.25) is 5.02 Å². The van der Waals surface area contributed by atoms with Crippen LogP contribution in [-0.4, -0.2) is 16.5 Å². The summed E-state index contributed by atoms with van der Waals surface area (Å²) in [5.41, 5.74) is 2.43. The first-order chi connectivity index (χ1) is 13.0. The first-order valence-electron chi connectivity index (χ1n) is 9.53. The number of aromatic nitrogens is 2. The molecule has 0 unspecified atom stereocenters. The maximum absolute atomic E-state index is 12.7. The number of aromatic amines is 1. The zero-order chi connectivity index (χ0) is 19.0. The standard InChI is InChI=1S/C21H24ClN3OS/c1-12-6-7-16-17(10-12)27-21-18(16)20(26)24-19(25-21)13(2)23-9-8-14-4-3-5-15(22)11-14/h3-5,11-13,23H,6-10H2,1-2H3,(H,24,25,26)/t12-,13-/m1/s1. The number of halogens is 1. The number of benzene rings is 1. The third-order valence-electron chi connectivity index (χ3n) is 5.35. The highest BCUT2D eigenvalue weighted by molar-refractivity contribution is 7.18. The first kappa shape index (κ1) is 18.7. The second kappa shape index (κ2) is 7.74. The second-order valence-corrected chi connectivity index (χ2v) is 9.06. The van der Waals surface area contributed by atoms with Crippen LogP contribution < -0.4 is 10.9 Å².